The van der Waals surface area contributed by atoms with E-state index in [2.05, 4.69) is 0 Å². The van der Waals surface area contributed by atoms with Crippen molar-refractivity contribution in [2.75, 3.05) is 0 Å². The van der Waals surface area contributed by atoms with Crippen LogP contribution in [0.2, 0.25) is 0 Å². The third-order valence-corrected chi connectivity index (χ3v) is 2.97. The summed E-state index contributed by atoms with van der Waals surface area (Å²) in [6.45, 7) is 3.79. The van der Waals surface area contributed by atoms with Gasteiger partial charge in [-0.05, 0) is 49.2 Å². The molecule has 0 aliphatic heterocycles. The lowest BCUT2D eigenvalue weighted by Crippen LogP contribution is -2.13. The molecule has 3 heteroatoms. The minimum absolute atomic E-state index is 0.415. The van der Waals surface area contributed by atoms with Gasteiger partial charge in [-0.3, -0.25) is 4.79 Å². The van der Waals surface area contributed by atoms with Crippen molar-refractivity contribution in [2.24, 2.45) is 5.73 Å². The maximum absolute atomic E-state index is 11.2. The number of benzene rings is 2. The van der Waals surface area contributed by atoms with Gasteiger partial charge in [-0.15, -0.1) is 0 Å². The normalized spacial score (nSPS) is 10.1. The number of primary amides is 1. The number of nitrogens with two attached hydrogens (primary N) is 1. The molecule has 2 aromatic carbocycles. The highest BCUT2D eigenvalue weighted by Crippen LogP contribution is 2.28. The van der Waals surface area contributed by atoms with Crippen LogP contribution in [0.4, 0.5) is 0 Å². The van der Waals surface area contributed by atoms with Crippen molar-refractivity contribution >= 4 is 5.91 Å². The van der Waals surface area contributed by atoms with Crippen molar-refractivity contribution in [1.29, 1.82) is 0 Å². The Morgan fingerprint density at radius 3 is 2.28 bits per heavy atom. The maximum Gasteiger partial charge on any atom is 0.248 e. The van der Waals surface area contributed by atoms with E-state index in [4.69, 9.17) is 10.5 Å². The van der Waals surface area contributed by atoms with Gasteiger partial charge in [0.05, 0.1) is 0 Å². The molecule has 0 aliphatic rings. The van der Waals surface area contributed by atoms with Crippen LogP contribution in [0.1, 0.15) is 21.5 Å². The predicted octanol–water partition coefficient (Wildman–Crippen LogP) is 3.19. The SMILES string of the molecule is Cc1c(Oc2ccccc2)ccc(C(N)=O)c1C. The third kappa shape index (κ3) is 2.35. The zero-order valence-electron chi connectivity index (χ0n) is 10.4. The lowest BCUT2D eigenvalue weighted by Gasteiger charge is -2.12. The molecule has 0 bridgehead atoms. The van der Waals surface area contributed by atoms with E-state index in [-0.39, 0.29) is 0 Å². The summed E-state index contributed by atoms with van der Waals surface area (Å²) in [6, 6.07) is 13.0. The molecule has 0 aliphatic carbocycles. The van der Waals surface area contributed by atoms with Crippen LogP contribution < -0.4 is 10.5 Å². The molecule has 2 N–H and O–H groups in total. The lowest BCUT2D eigenvalue weighted by molar-refractivity contribution is 0.0999. The van der Waals surface area contributed by atoms with Crippen LogP contribution in [-0.2, 0) is 0 Å². The van der Waals surface area contributed by atoms with Gasteiger partial charge in [0.2, 0.25) is 5.91 Å². The smallest absolute Gasteiger partial charge is 0.248 e. The molecule has 0 fully saturated rings. The van der Waals surface area contributed by atoms with Gasteiger partial charge >= 0.3 is 0 Å². The molecule has 0 saturated carbocycles. The number of amides is 1. The summed E-state index contributed by atoms with van der Waals surface area (Å²) in [5, 5.41) is 0. The second kappa shape index (κ2) is 4.92. The van der Waals surface area contributed by atoms with Crippen molar-refractivity contribution in [3.63, 3.8) is 0 Å². The van der Waals surface area contributed by atoms with E-state index >= 15 is 0 Å². The Kier molecular flexibility index (Phi) is 3.33. The van der Waals surface area contributed by atoms with Gasteiger partial charge in [0.25, 0.3) is 0 Å². The molecule has 18 heavy (non-hydrogen) atoms. The number of para-hydroxylation sites is 1. The average Bonchev–Trinajstić information content (AvgIpc) is 2.36. The summed E-state index contributed by atoms with van der Waals surface area (Å²) in [4.78, 5) is 11.2. The van der Waals surface area contributed by atoms with Crippen molar-refractivity contribution in [3.05, 3.63) is 59.2 Å². The summed E-state index contributed by atoms with van der Waals surface area (Å²) in [5.41, 5.74) is 7.62. The monoisotopic (exact) mass is 241 g/mol. The standard InChI is InChI=1S/C15H15NO2/c1-10-11(2)14(9-8-13(10)15(16)17)18-12-6-4-3-5-7-12/h3-9H,1-2H3,(H2,16,17). The highest BCUT2D eigenvalue weighted by molar-refractivity contribution is 5.94. The number of carbonyl (C=O) groups is 1. The molecule has 92 valence electrons. The van der Waals surface area contributed by atoms with E-state index in [0.717, 1.165) is 22.6 Å². The van der Waals surface area contributed by atoms with E-state index < -0.39 is 5.91 Å². The van der Waals surface area contributed by atoms with E-state index in [1.54, 1.807) is 12.1 Å². The molecule has 2 rings (SSSR count). The Balaban J connectivity index is 2.36. The fourth-order valence-electron chi connectivity index (χ4n) is 1.79. The second-order valence-corrected chi connectivity index (χ2v) is 4.14. The maximum atomic E-state index is 11.2. The van der Waals surface area contributed by atoms with Crippen molar-refractivity contribution in [3.8, 4) is 11.5 Å². The van der Waals surface area contributed by atoms with Gasteiger partial charge in [0.1, 0.15) is 11.5 Å². The third-order valence-electron chi connectivity index (χ3n) is 2.97. The first-order valence-electron chi connectivity index (χ1n) is 5.72. The number of hydrogen-bond acceptors (Lipinski definition) is 2. The fourth-order valence-corrected chi connectivity index (χ4v) is 1.79. The van der Waals surface area contributed by atoms with Crippen LogP contribution in [0.15, 0.2) is 42.5 Å². The van der Waals surface area contributed by atoms with E-state index in [0.29, 0.717) is 5.56 Å². The van der Waals surface area contributed by atoms with Crippen molar-refractivity contribution in [1.82, 2.24) is 0 Å². The minimum atomic E-state index is -0.415. The molecule has 1 amide bonds. The Morgan fingerprint density at radius 1 is 1.00 bits per heavy atom. The van der Waals surface area contributed by atoms with E-state index in [1.807, 2.05) is 44.2 Å². The molecule has 0 spiro atoms. The summed E-state index contributed by atoms with van der Waals surface area (Å²) >= 11 is 0. The molecule has 0 heterocycles. The van der Waals surface area contributed by atoms with Gasteiger partial charge in [0.15, 0.2) is 0 Å². The van der Waals surface area contributed by atoms with E-state index in [1.165, 1.54) is 0 Å². The summed E-state index contributed by atoms with van der Waals surface area (Å²) in [5.74, 6) is 1.09. The second-order valence-electron chi connectivity index (χ2n) is 4.14. The number of carbonyl (C=O) groups excluding carboxylic acids is 1. The van der Waals surface area contributed by atoms with Crippen LogP contribution >= 0.6 is 0 Å². The van der Waals surface area contributed by atoms with Crippen molar-refractivity contribution in [2.45, 2.75) is 13.8 Å². The highest BCUT2D eigenvalue weighted by atomic mass is 16.5. The highest BCUT2D eigenvalue weighted by Gasteiger charge is 2.11. The Bertz CT molecular complexity index is 577. The first kappa shape index (κ1) is 12.2. The first-order chi connectivity index (χ1) is 8.59. The molecule has 0 aromatic heterocycles. The molecule has 0 radical (unpaired) electrons. The van der Waals surface area contributed by atoms with Crippen LogP contribution in [0.3, 0.4) is 0 Å². The van der Waals surface area contributed by atoms with Gasteiger partial charge in [0, 0.05) is 5.56 Å². The van der Waals surface area contributed by atoms with Crippen LogP contribution in [-0.4, -0.2) is 5.91 Å². The minimum Gasteiger partial charge on any atom is -0.457 e. The fraction of sp³-hybridized carbons (Fsp3) is 0.133. The molecule has 0 saturated heterocycles. The van der Waals surface area contributed by atoms with Crippen LogP contribution in [0.25, 0.3) is 0 Å². The molecule has 0 unspecified atom stereocenters. The number of rotatable bonds is 3. The predicted molar refractivity (Wildman–Crippen MR) is 70.9 cm³/mol. The largest absolute Gasteiger partial charge is 0.457 e. The average molecular weight is 241 g/mol. The van der Waals surface area contributed by atoms with Gasteiger partial charge in [-0.1, -0.05) is 18.2 Å². The number of hydrogen-bond donors (Lipinski definition) is 1. The first-order valence-corrected chi connectivity index (χ1v) is 5.72. The summed E-state index contributed by atoms with van der Waals surface area (Å²) in [6.07, 6.45) is 0. The zero-order valence-corrected chi connectivity index (χ0v) is 10.4. The van der Waals surface area contributed by atoms with E-state index in [9.17, 15) is 4.79 Å². The molecule has 0 atom stereocenters. The number of ether oxygens (including phenoxy) is 1. The van der Waals surface area contributed by atoms with Crippen molar-refractivity contribution < 1.29 is 9.53 Å². The summed E-state index contributed by atoms with van der Waals surface area (Å²) in [7, 11) is 0. The molecular weight excluding hydrogens is 226 g/mol. The Morgan fingerprint density at radius 2 is 1.67 bits per heavy atom. The van der Waals surface area contributed by atoms with Gasteiger partial charge in [-0.25, -0.2) is 0 Å². The summed E-state index contributed by atoms with van der Waals surface area (Å²) < 4.78 is 5.77. The topological polar surface area (TPSA) is 52.3 Å². The Hall–Kier alpha value is -2.29. The molecular formula is C15H15NO2. The Labute approximate surface area is 106 Å². The lowest BCUT2D eigenvalue weighted by atomic mass is 10.0. The van der Waals surface area contributed by atoms with Crippen LogP contribution in [0, 0.1) is 13.8 Å². The van der Waals surface area contributed by atoms with Crippen LogP contribution in [0.5, 0.6) is 11.5 Å². The molecule has 2 aromatic rings. The zero-order chi connectivity index (χ0) is 13.1. The van der Waals surface area contributed by atoms with Gasteiger partial charge in [-0.2, -0.15) is 0 Å². The molecule has 3 nitrogen and oxygen atoms in total. The quantitative estimate of drug-likeness (QED) is 0.897. The van der Waals surface area contributed by atoms with Gasteiger partial charge < -0.3 is 10.5 Å².